The highest BCUT2D eigenvalue weighted by molar-refractivity contribution is 7.99. The number of aryl methyl sites for hydroxylation is 1. The molecule has 0 radical (unpaired) electrons. The van der Waals surface area contributed by atoms with Crippen LogP contribution in [-0.4, -0.2) is 99.7 Å². The fraction of sp³-hybridized carbons (Fsp3) is 0.682. The first-order valence-electron chi connectivity index (χ1n) is 11.3. The summed E-state index contributed by atoms with van der Waals surface area (Å²) in [6.07, 6.45) is 2.07. The van der Waals surface area contributed by atoms with Crippen LogP contribution in [0.3, 0.4) is 0 Å². The summed E-state index contributed by atoms with van der Waals surface area (Å²) < 4.78 is 37.7. The predicted molar refractivity (Wildman–Crippen MR) is 124 cm³/mol. The van der Waals surface area contributed by atoms with Crippen molar-refractivity contribution in [1.29, 1.82) is 0 Å². The quantitative estimate of drug-likeness (QED) is 0.589. The van der Waals surface area contributed by atoms with Crippen LogP contribution in [0.15, 0.2) is 29.2 Å². The van der Waals surface area contributed by atoms with Gasteiger partial charge in [0.05, 0.1) is 31.3 Å². The Hall–Kier alpha value is -1.17. The van der Waals surface area contributed by atoms with Crippen LogP contribution >= 0.6 is 11.8 Å². The maximum Gasteiger partial charge on any atom is 0.243 e. The number of amides is 1. The third-order valence-electron chi connectivity index (χ3n) is 6.55. The van der Waals surface area contributed by atoms with Crippen LogP contribution < -0.4 is 5.32 Å². The first kappa shape index (κ1) is 24.0. The van der Waals surface area contributed by atoms with E-state index in [2.05, 4.69) is 10.2 Å². The minimum Gasteiger partial charge on any atom is -0.379 e. The Labute approximate surface area is 195 Å². The van der Waals surface area contributed by atoms with Gasteiger partial charge in [0.15, 0.2) is 0 Å². The van der Waals surface area contributed by atoms with Gasteiger partial charge in [-0.25, -0.2) is 8.42 Å². The van der Waals surface area contributed by atoms with Crippen molar-refractivity contribution in [2.75, 3.05) is 70.7 Å². The van der Waals surface area contributed by atoms with Crippen molar-refractivity contribution in [1.82, 2.24) is 14.5 Å². The molecule has 0 aromatic heterocycles. The molecule has 4 rings (SSSR count). The highest BCUT2D eigenvalue weighted by Crippen LogP contribution is 2.33. The lowest BCUT2D eigenvalue weighted by Gasteiger charge is -2.43. The van der Waals surface area contributed by atoms with Crippen LogP contribution in [0.1, 0.15) is 18.4 Å². The van der Waals surface area contributed by atoms with Gasteiger partial charge in [-0.15, -0.1) is 0 Å². The summed E-state index contributed by atoms with van der Waals surface area (Å²) >= 11 is 1.96. The van der Waals surface area contributed by atoms with E-state index in [1.54, 1.807) is 12.1 Å². The van der Waals surface area contributed by atoms with Crippen molar-refractivity contribution in [3.05, 3.63) is 29.8 Å². The van der Waals surface area contributed by atoms with Gasteiger partial charge in [-0.3, -0.25) is 9.69 Å². The number of benzene rings is 1. The maximum absolute atomic E-state index is 12.7. The molecule has 0 bridgehead atoms. The van der Waals surface area contributed by atoms with Crippen molar-refractivity contribution >= 4 is 27.7 Å². The molecule has 1 N–H and O–H groups in total. The molecule has 3 aliphatic rings. The Balaban J connectivity index is 1.27. The molecule has 32 heavy (non-hydrogen) atoms. The number of sulfonamides is 1. The molecule has 1 aromatic rings. The van der Waals surface area contributed by atoms with Crippen molar-refractivity contribution in [3.63, 3.8) is 0 Å². The first-order chi connectivity index (χ1) is 15.5. The largest absolute Gasteiger partial charge is 0.379 e. The van der Waals surface area contributed by atoms with Crippen molar-refractivity contribution in [2.45, 2.75) is 29.7 Å². The summed E-state index contributed by atoms with van der Waals surface area (Å²) in [4.78, 5) is 15.3. The van der Waals surface area contributed by atoms with Crippen LogP contribution in [0, 0.1) is 0 Å². The molecule has 0 aliphatic carbocycles. The number of hydrogen-bond donors (Lipinski definition) is 1. The van der Waals surface area contributed by atoms with Crippen LogP contribution in [0.4, 0.5) is 0 Å². The van der Waals surface area contributed by atoms with Crippen molar-refractivity contribution in [3.8, 4) is 0 Å². The number of rotatable bonds is 8. The lowest BCUT2D eigenvalue weighted by atomic mass is 9.95. The zero-order valence-electron chi connectivity index (χ0n) is 18.5. The highest BCUT2D eigenvalue weighted by atomic mass is 32.2. The van der Waals surface area contributed by atoms with Crippen molar-refractivity contribution < 1.29 is 22.7 Å². The van der Waals surface area contributed by atoms with E-state index >= 15 is 0 Å². The molecule has 1 amide bonds. The minimum atomic E-state index is -3.49. The van der Waals surface area contributed by atoms with Gasteiger partial charge < -0.3 is 14.8 Å². The van der Waals surface area contributed by atoms with Crippen LogP contribution in [0.5, 0.6) is 0 Å². The van der Waals surface area contributed by atoms with E-state index in [1.807, 2.05) is 23.9 Å². The average Bonchev–Trinajstić information content (AvgIpc) is 3.33. The van der Waals surface area contributed by atoms with Gasteiger partial charge in [0.2, 0.25) is 15.9 Å². The van der Waals surface area contributed by atoms with Crippen LogP contribution in [0.2, 0.25) is 0 Å². The van der Waals surface area contributed by atoms with Gasteiger partial charge in [-0.05, 0) is 36.3 Å². The zero-order chi connectivity index (χ0) is 22.4. The molecule has 3 saturated heterocycles. The summed E-state index contributed by atoms with van der Waals surface area (Å²) in [6.45, 7) is 5.68. The van der Waals surface area contributed by atoms with E-state index in [9.17, 15) is 13.2 Å². The lowest BCUT2D eigenvalue weighted by Crippen LogP contribution is -2.59. The molecular formula is C22H33N3O5S2. The molecule has 1 unspecified atom stereocenters. The normalized spacial score (nSPS) is 25.6. The van der Waals surface area contributed by atoms with Crippen LogP contribution in [-0.2, 0) is 30.7 Å². The second-order valence-electron chi connectivity index (χ2n) is 8.56. The Morgan fingerprint density at radius 1 is 1.03 bits per heavy atom. The molecule has 1 aromatic carbocycles. The predicted octanol–water partition coefficient (Wildman–Crippen LogP) is 0.964. The summed E-state index contributed by atoms with van der Waals surface area (Å²) in [5.74, 6) is 2.22. The molecule has 0 spiro atoms. The number of ether oxygens (including phenoxy) is 2. The SMILES string of the molecule is O=C(CCc1ccc(S(=O)(=O)N2CCOCC2)cc1)NCC1(N2CCOCC2)CCSC1. The Kier molecular flexibility index (Phi) is 8.12. The third kappa shape index (κ3) is 5.66. The number of morpholine rings is 2. The second-order valence-corrected chi connectivity index (χ2v) is 11.6. The standard InChI is InChI=1S/C22H33N3O5S2/c26-21(23-17-22(7-16-31-18-22)24-8-12-29-13-9-24)6-3-19-1-4-20(5-2-19)32(27,28)25-10-14-30-15-11-25/h1-2,4-5H,3,6-18H2,(H,23,26). The first-order valence-corrected chi connectivity index (χ1v) is 13.9. The topological polar surface area (TPSA) is 88.2 Å². The Morgan fingerprint density at radius 2 is 1.69 bits per heavy atom. The molecule has 1 atom stereocenters. The number of carbonyl (C=O) groups is 1. The van der Waals surface area contributed by atoms with Gasteiger partial charge >= 0.3 is 0 Å². The minimum absolute atomic E-state index is 0.0412. The van der Waals surface area contributed by atoms with Gasteiger partial charge in [-0.1, -0.05) is 12.1 Å². The Morgan fingerprint density at radius 3 is 2.31 bits per heavy atom. The van der Waals surface area contributed by atoms with Crippen LogP contribution in [0.25, 0.3) is 0 Å². The highest BCUT2D eigenvalue weighted by Gasteiger charge is 2.40. The van der Waals surface area contributed by atoms with E-state index < -0.39 is 10.0 Å². The van der Waals surface area contributed by atoms with E-state index in [1.165, 1.54) is 4.31 Å². The zero-order valence-corrected chi connectivity index (χ0v) is 20.1. The number of carbonyl (C=O) groups excluding carboxylic acids is 1. The molecule has 0 saturated carbocycles. The maximum atomic E-state index is 12.7. The second kappa shape index (κ2) is 10.8. The number of thioether (sulfide) groups is 1. The molecule has 10 heteroatoms. The van der Waals surface area contributed by atoms with E-state index in [0.717, 1.165) is 49.8 Å². The molecule has 3 fully saturated rings. The summed E-state index contributed by atoms with van der Waals surface area (Å²) in [6, 6.07) is 6.90. The summed E-state index contributed by atoms with van der Waals surface area (Å²) in [5.41, 5.74) is 1.000. The molecule has 3 aliphatic heterocycles. The fourth-order valence-corrected chi connectivity index (χ4v) is 7.39. The number of nitrogens with zero attached hydrogens (tertiary/aromatic N) is 2. The smallest absolute Gasteiger partial charge is 0.243 e. The molecular weight excluding hydrogens is 450 g/mol. The van der Waals surface area contributed by atoms with Gasteiger partial charge in [0.25, 0.3) is 0 Å². The lowest BCUT2D eigenvalue weighted by molar-refractivity contribution is -0.121. The molecule has 8 nitrogen and oxygen atoms in total. The summed E-state index contributed by atoms with van der Waals surface area (Å²) in [5, 5.41) is 3.16. The monoisotopic (exact) mass is 483 g/mol. The fourth-order valence-electron chi connectivity index (χ4n) is 4.51. The number of nitrogens with one attached hydrogen (secondary N) is 1. The molecule has 3 heterocycles. The van der Waals surface area contributed by atoms with Gasteiger partial charge in [0.1, 0.15) is 0 Å². The number of hydrogen-bond acceptors (Lipinski definition) is 7. The molecule has 178 valence electrons. The van der Waals surface area contributed by atoms with Gasteiger partial charge in [0, 0.05) is 50.4 Å². The Bertz CT molecular complexity index is 860. The summed E-state index contributed by atoms with van der Waals surface area (Å²) in [7, 11) is -3.49. The van der Waals surface area contributed by atoms with E-state index in [0.29, 0.717) is 50.6 Å². The van der Waals surface area contributed by atoms with E-state index in [-0.39, 0.29) is 11.4 Å². The van der Waals surface area contributed by atoms with Crippen molar-refractivity contribution in [2.24, 2.45) is 0 Å². The third-order valence-corrected chi connectivity index (χ3v) is 9.70. The average molecular weight is 484 g/mol. The van der Waals surface area contributed by atoms with Gasteiger partial charge in [-0.2, -0.15) is 16.1 Å². The van der Waals surface area contributed by atoms with E-state index in [4.69, 9.17) is 9.47 Å².